The Morgan fingerprint density at radius 1 is 1.30 bits per heavy atom. The molecule has 1 atom stereocenters. The predicted molar refractivity (Wildman–Crippen MR) is 89.1 cm³/mol. The number of nitrogens with one attached hydrogen (secondary N) is 1. The van der Waals surface area contributed by atoms with Gasteiger partial charge in [0.15, 0.2) is 0 Å². The van der Waals surface area contributed by atoms with E-state index in [1.54, 1.807) is 47.4 Å². The van der Waals surface area contributed by atoms with Crippen LogP contribution in [0.1, 0.15) is 31.0 Å². The average molecular weight is 309 g/mol. The van der Waals surface area contributed by atoms with Crippen molar-refractivity contribution in [2.75, 3.05) is 11.9 Å². The summed E-state index contributed by atoms with van der Waals surface area (Å²) < 4.78 is 0. The maximum Gasteiger partial charge on any atom is 0.322 e. The number of hydrogen-bond acceptors (Lipinski definition) is 3. The molecule has 118 valence electrons. The number of carbonyl (C=O) groups is 1. The van der Waals surface area contributed by atoms with Gasteiger partial charge in [0.25, 0.3) is 0 Å². The SMILES string of the molecule is CCN(C(=O)Nc1cccc(C#N)c1)[C@H](C)c1cccc(O)c1. The van der Waals surface area contributed by atoms with E-state index in [4.69, 9.17) is 5.26 Å². The van der Waals surface area contributed by atoms with Crippen molar-refractivity contribution in [3.05, 3.63) is 59.7 Å². The molecule has 0 heterocycles. The highest BCUT2D eigenvalue weighted by Crippen LogP contribution is 2.24. The maximum atomic E-state index is 12.5. The van der Waals surface area contributed by atoms with Gasteiger partial charge >= 0.3 is 6.03 Å². The number of hydrogen-bond donors (Lipinski definition) is 2. The number of carbonyl (C=O) groups excluding carboxylic acids is 1. The Morgan fingerprint density at radius 2 is 2.04 bits per heavy atom. The largest absolute Gasteiger partial charge is 0.508 e. The Labute approximate surface area is 135 Å². The summed E-state index contributed by atoms with van der Waals surface area (Å²) in [4.78, 5) is 14.2. The molecule has 0 saturated heterocycles. The Morgan fingerprint density at radius 3 is 2.70 bits per heavy atom. The number of aromatic hydroxyl groups is 1. The molecule has 0 aliphatic heterocycles. The first kappa shape index (κ1) is 16.4. The number of benzene rings is 2. The average Bonchev–Trinajstić information content (AvgIpc) is 2.55. The molecule has 2 amide bonds. The lowest BCUT2D eigenvalue weighted by molar-refractivity contribution is 0.197. The topological polar surface area (TPSA) is 76.4 Å². The van der Waals surface area contributed by atoms with Crippen molar-refractivity contribution in [3.63, 3.8) is 0 Å². The zero-order valence-electron chi connectivity index (χ0n) is 13.2. The van der Waals surface area contributed by atoms with Gasteiger partial charge in [-0.2, -0.15) is 5.26 Å². The van der Waals surface area contributed by atoms with Crippen molar-refractivity contribution >= 4 is 11.7 Å². The van der Waals surface area contributed by atoms with E-state index in [1.165, 1.54) is 0 Å². The number of phenolic OH excluding ortho intramolecular Hbond substituents is 1. The van der Waals surface area contributed by atoms with E-state index in [1.807, 2.05) is 26.0 Å². The van der Waals surface area contributed by atoms with Crippen LogP contribution in [0.3, 0.4) is 0 Å². The van der Waals surface area contributed by atoms with Crippen LogP contribution in [-0.4, -0.2) is 22.6 Å². The first-order valence-corrected chi connectivity index (χ1v) is 7.42. The Hall–Kier alpha value is -3.00. The summed E-state index contributed by atoms with van der Waals surface area (Å²) in [5, 5.41) is 21.3. The number of rotatable bonds is 4. The molecule has 5 heteroatoms. The normalized spacial score (nSPS) is 11.3. The molecule has 23 heavy (non-hydrogen) atoms. The Kier molecular flexibility index (Phi) is 5.21. The van der Waals surface area contributed by atoms with E-state index >= 15 is 0 Å². The molecule has 0 aromatic heterocycles. The van der Waals surface area contributed by atoms with Crippen LogP contribution in [0.15, 0.2) is 48.5 Å². The minimum atomic E-state index is -0.251. The molecular weight excluding hydrogens is 290 g/mol. The summed E-state index contributed by atoms with van der Waals surface area (Å²) in [5.74, 6) is 0.174. The van der Waals surface area contributed by atoms with Gasteiger partial charge in [0.2, 0.25) is 0 Å². The second-order valence-corrected chi connectivity index (χ2v) is 5.18. The zero-order chi connectivity index (χ0) is 16.8. The molecule has 2 N–H and O–H groups in total. The van der Waals surface area contributed by atoms with Crippen molar-refractivity contribution in [1.29, 1.82) is 5.26 Å². The third-order valence-corrected chi connectivity index (χ3v) is 3.66. The van der Waals surface area contributed by atoms with Gasteiger partial charge in [0.1, 0.15) is 5.75 Å². The van der Waals surface area contributed by atoms with Crippen molar-refractivity contribution < 1.29 is 9.90 Å². The van der Waals surface area contributed by atoms with Crippen molar-refractivity contribution in [2.45, 2.75) is 19.9 Å². The molecule has 0 bridgehead atoms. The van der Waals surface area contributed by atoms with Crippen LogP contribution in [0.2, 0.25) is 0 Å². The minimum absolute atomic E-state index is 0.174. The molecule has 2 aromatic carbocycles. The van der Waals surface area contributed by atoms with E-state index in [2.05, 4.69) is 5.32 Å². The lowest BCUT2D eigenvalue weighted by Gasteiger charge is -2.28. The molecule has 2 aromatic rings. The molecule has 0 unspecified atom stereocenters. The minimum Gasteiger partial charge on any atom is -0.508 e. The van der Waals surface area contributed by atoms with Gasteiger partial charge in [-0.15, -0.1) is 0 Å². The monoisotopic (exact) mass is 309 g/mol. The molecule has 0 saturated carbocycles. The van der Waals surface area contributed by atoms with Crippen LogP contribution in [0.5, 0.6) is 5.75 Å². The van der Waals surface area contributed by atoms with Gasteiger partial charge in [-0.1, -0.05) is 18.2 Å². The van der Waals surface area contributed by atoms with E-state index in [0.717, 1.165) is 5.56 Å². The summed E-state index contributed by atoms with van der Waals surface area (Å²) in [6, 6.07) is 15.3. The van der Waals surface area contributed by atoms with Crippen LogP contribution in [0.25, 0.3) is 0 Å². The Bertz CT molecular complexity index is 737. The third-order valence-electron chi connectivity index (χ3n) is 3.66. The first-order chi connectivity index (χ1) is 11.0. The molecule has 0 aliphatic carbocycles. The number of phenols is 1. The Balaban J connectivity index is 2.16. The fraction of sp³-hybridized carbons (Fsp3) is 0.222. The summed E-state index contributed by atoms with van der Waals surface area (Å²) >= 11 is 0. The number of urea groups is 1. The van der Waals surface area contributed by atoms with E-state index in [0.29, 0.717) is 17.8 Å². The van der Waals surface area contributed by atoms with Crippen LogP contribution in [0, 0.1) is 11.3 Å². The molecule has 0 spiro atoms. The highest BCUT2D eigenvalue weighted by atomic mass is 16.3. The smallest absolute Gasteiger partial charge is 0.322 e. The molecule has 2 rings (SSSR count). The first-order valence-electron chi connectivity index (χ1n) is 7.42. The van der Waals surface area contributed by atoms with Crippen LogP contribution >= 0.6 is 0 Å². The second kappa shape index (κ2) is 7.32. The van der Waals surface area contributed by atoms with Gasteiger partial charge in [0, 0.05) is 12.2 Å². The van der Waals surface area contributed by atoms with Crippen molar-refractivity contribution in [2.24, 2.45) is 0 Å². The van der Waals surface area contributed by atoms with E-state index < -0.39 is 0 Å². The quantitative estimate of drug-likeness (QED) is 0.900. The van der Waals surface area contributed by atoms with E-state index in [-0.39, 0.29) is 17.8 Å². The van der Waals surface area contributed by atoms with Gasteiger partial charge < -0.3 is 15.3 Å². The van der Waals surface area contributed by atoms with Crippen molar-refractivity contribution in [3.8, 4) is 11.8 Å². The fourth-order valence-electron chi connectivity index (χ4n) is 2.42. The second-order valence-electron chi connectivity index (χ2n) is 5.18. The summed E-state index contributed by atoms with van der Waals surface area (Å²) in [5.41, 5.74) is 1.93. The molecular formula is C18H19N3O2. The van der Waals surface area contributed by atoms with Crippen LogP contribution in [0.4, 0.5) is 10.5 Å². The highest BCUT2D eigenvalue weighted by molar-refractivity contribution is 5.89. The maximum absolute atomic E-state index is 12.5. The number of amides is 2. The summed E-state index contributed by atoms with van der Waals surface area (Å²) in [6.07, 6.45) is 0. The molecule has 0 aliphatic rings. The van der Waals surface area contributed by atoms with Gasteiger partial charge in [-0.3, -0.25) is 0 Å². The van der Waals surface area contributed by atoms with Gasteiger partial charge in [-0.25, -0.2) is 4.79 Å². The fourth-order valence-corrected chi connectivity index (χ4v) is 2.42. The highest BCUT2D eigenvalue weighted by Gasteiger charge is 2.20. The predicted octanol–water partition coefficient (Wildman–Crippen LogP) is 3.88. The van der Waals surface area contributed by atoms with Crippen molar-refractivity contribution in [1.82, 2.24) is 4.90 Å². The lowest BCUT2D eigenvalue weighted by Crippen LogP contribution is -2.36. The number of nitriles is 1. The zero-order valence-corrected chi connectivity index (χ0v) is 13.2. The van der Waals surface area contributed by atoms with Crippen LogP contribution < -0.4 is 5.32 Å². The standard InChI is InChI=1S/C18H19N3O2/c1-3-21(13(2)15-7-5-9-17(22)11-15)18(23)20-16-8-4-6-14(10-16)12-19/h4-11,13,22H,3H2,1-2H3,(H,20,23)/t13-/m1/s1. The van der Waals surface area contributed by atoms with E-state index in [9.17, 15) is 9.90 Å². The van der Waals surface area contributed by atoms with Crippen LogP contribution in [-0.2, 0) is 0 Å². The number of anilines is 1. The van der Waals surface area contributed by atoms with Gasteiger partial charge in [-0.05, 0) is 49.7 Å². The molecule has 0 fully saturated rings. The third kappa shape index (κ3) is 4.01. The van der Waals surface area contributed by atoms with Gasteiger partial charge in [0.05, 0.1) is 17.7 Å². The summed E-state index contributed by atoms with van der Waals surface area (Å²) in [6.45, 7) is 4.31. The lowest BCUT2D eigenvalue weighted by atomic mass is 10.1. The summed E-state index contributed by atoms with van der Waals surface area (Å²) in [7, 11) is 0. The number of nitrogens with zero attached hydrogens (tertiary/aromatic N) is 2. The molecule has 0 radical (unpaired) electrons. The molecule has 5 nitrogen and oxygen atoms in total.